The van der Waals surface area contributed by atoms with E-state index in [4.69, 9.17) is 15.2 Å². The van der Waals surface area contributed by atoms with Gasteiger partial charge in [-0.25, -0.2) is 4.79 Å². The first kappa shape index (κ1) is 32.6. The van der Waals surface area contributed by atoms with Gasteiger partial charge in [0.1, 0.15) is 17.7 Å². The van der Waals surface area contributed by atoms with Crippen LogP contribution >= 0.6 is 0 Å². The van der Waals surface area contributed by atoms with E-state index in [1.807, 2.05) is 38.1 Å². The van der Waals surface area contributed by atoms with E-state index in [0.29, 0.717) is 12.0 Å². The highest BCUT2D eigenvalue weighted by Crippen LogP contribution is 2.41. The summed E-state index contributed by atoms with van der Waals surface area (Å²) in [7, 11) is 0. The molecular weight excluding hydrogens is 516 g/mol. The number of amides is 4. The number of carbonyl (C=O) groups excluding carboxylic acids is 5. The van der Waals surface area contributed by atoms with Crippen LogP contribution in [0.4, 0.5) is 4.79 Å². The fourth-order valence-electron chi connectivity index (χ4n) is 4.34. The fourth-order valence-corrected chi connectivity index (χ4v) is 4.34. The minimum absolute atomic E-state index is 0.0176. The second-order valence-electron chi connectivity index (χ2n) is 11.1. The number of nitrogens with two attached hydrogens (primary N) is 1. The third-order valence-electron chi connectivity index (χ3n) is 6.51. The molecule has 222 valence electrons. The molecule has 1 aliphatic carbocycles. The lowest BCUT2D eigenvalue weighted by Crippen LogP contribution is -2.54. The van der Waals surface area contributed by atoms with Gasteiger partial charge in [-0.05, 0) is 64.0 Å². The molecule has 1 aromatic rings. The molecule has 1 saturated carbocycles. The number of alkyl carbamates (subject to hydrolysis) is 1. The smallest absolute Gasteiger partial charge is 0.408 e. The van der Waals surface area contributed by atoms with Gasteiger partial charge in [-0.2, -0.15) is 0 Å². The number of hydrogen-bond donors (Lipinski definition) is 3. The number of nitrogens with one attached hydrogen (secondary N) is 2. The van der Waals surface area contributed by atoms with Crippen LogP contribution in [0.3, 0.4) is 0 Å². The fraction of sp³-hybridized carbons (Fsp3) is 0.621. The minimum Gasteiger partial charge on any atom is -0.466 e. The van der Waals surface area contributed by atoms with Crippen molar-refractivity contribution in [3.8, 4) is 0 Å². The molecule has 0 radical (unpaired) electrons. The largest absolute Gasteiger partial charge is 0.466 e. The lowest BCUT2D eigenvalue weighted by atomic mass is 9.99. The summed E-state index contributed by atoms with van der Waals surface area (Å²) in [6.07, 6.45) is 0.422. The maximum absolute atomic E-state index is 14.1. The zero-order valence-corrected chi connectivity index (χ0v) is 24.5. The first-order chi connectivity index (χ1) is 18.8. The third kappa shape index (κ3) is 10.2. The van der Waals surface area contributed by atoms with E-state index in [1.54, 1.807) is 27.7 Å². The van der Waals surface area contributed by atoms with Gasteiger partial charge in [0.05, 0.1) is 13.0 Å². The van der Waals surface area contributed by atoms with Crippen LogP contribution in [0.5, 0.6) is 0 Å². The second-order valence-corrected chi connectivity index (χ2v) is 11.1. The summed E-state index contributed by atoms with van der Waals surface area (Å²) in [5, 5.41) is 5.36. The molecule has 4 unspecified atom stereocenters. The highest BCUT2D eigenvalue weighted by atomic mass is 16.6. The highest BCUT2D eigenvalue weighted by molar-refractivity contribution is 5.93. The van der Waals surface area contributed by atoms with E-state index in [2.05, 4.69) is 10.6 Å². The van der Waals surface area contributed by atoms with Crippen LogP contribution in [0.15, 0.2) is 24.3 Å². The van der Waals surface area contributed by atoms with Crippen molar-refractivity contribution in [3.63, 3.8) is 0 Å². The molecule has 0 bridgehead atoms. The van der Waals surface area contributed by atoms with Crippen LogP contribution in [-0.2, 0) is 35.1 Å². The number of primary amides is 1. The van der Waals surface area contributed by atoms with Crippen LogP contribution in [-0.4, -0.2) is 65.5 Å². The maximum Gasteiger partial charge on any atom is 0.408 e. The maximum atomic E-state index is 14.1. The first-order valence-corrected chi connectivity index (χ1v) is 13.9. The van der Waals surface area contributed by atoms with Crippen molar-refractivity contribution >= 4 is 29.8 Å². The van der Waals surface area contributed by atoms with Gasteiger partial charge in [0.2, 0.25) is 17.7 Å². The van der Waals surface area contributed by atoms with Gasteiger partial charge in [0.15, 0.2) is 0 Å². The van der Waals surface area contributed by atoms with Gasteiger partial charge >= 0.3 is 12.1 Å². The molecule has 4 atom stereocenters. The van der Waals surface area contributed by atoms with Crippen LogP contribution in [0.2, 0.25) is 0 Å². The molecule has 1 fully saturated rings. The average molecular weight is 561 g/mol. The summed E-state index contributed by atoms with van der Waals surface area (Å²) in [5.41, 5.74) is 6.20. The van der Waals surface area contributed by atoms with Crippen LogP contribution in [0.1, 0.15) is 84.4 Å². The Morgan fingerprint density at radius 1 is 1.07 bits per heavy atom. The Balaban J connectivity index is 2.44. The molecule has 1 aliphatic rings. The van der Waals surface area contributed by atoms with Crippen molar-refractivity contribution in [2.75, 3.05) is 13.2 Å². The normalized spacial score (nSPS) is 17.6. The van der Waals surface area contributed by atoms with Gasteiger partial charge < -0.3 is 30.7 Å². The zero-order chi connectivity index (χ0) is 30.0. The van der Waals surface area contributed by atoms with Gasteiger partial charge in [0, 0.05) is 19.0 Å². The molecule has 4 N–H and O–H groups in total. The molecule has 0 aliphatic heterocycles. The summed E-state index contributed by atoms with van der Waals surface area (Å²) >= 11 is 0. The number of rotatable bonds is 14. The van der Waals surface area contributed by atoms with E-state index >= 15 is 0 Å². The molecule has 11 heteroatoms. The molecular formula is C29H44N4O7. The Bertz CT molecular complexity index is 1050. The number of aryl methyl sites for hydroxylation is 1. The predicted octanol–water partition coefficient (Wildman–Crippen LogP) is 2.76. The predicted molar refractivity (Wildman–Crippen MR) is 149 cm³/mol. The minimum atomic E-state index is -1.15. The van der Waals surface area contributed by atoms with Gasteiger partial charge in [-0.15, -0.1) is 0 Å². The van der Waals surface area contributed by atoms with Crippen molar-refractivity contribution in [1.29, 1.82) is 0 Å². The van der Waals surface area contributed by atoms with Crippen molar-refractivity contribution in [2.24, 2.45) is 11.7 Å². The molecule has 0 spiro atoms. The second kappa shape index (κ2) is 14.7. The Morgan fingerprint density at radius 3 is 2.20 bits per heavy atom. The molecule has 1 aromatic carbocycles. The highest BCUT2D eigenvalue weighted by Gasteiger charge is 2.48. The van der Waals surface area contributed by atoms with Gasteiger partial charge in [-0.1, -0.05) is 38.1 Å². The Labute approximate surface area is 236 Å². The number of benzene rings is 1. The number of carbonyl (C=O) groups is 5. The van der Waals surface area contributed by atoms with E-state index in [0.717, 1.165) is 12.0 Å². The Kier molecular flexibility index (Phi) is 11.9. The quantitative estimate of drug-likeness (QED) is 0.295. The van der Waals surface area contributed by atoms with Crippen LogP contribution in [0, 0.1) is 5.92 Å². The summed E-state index contributed by atoms with van der Waals surface area (Å²) in [6.45, 7) is 11.0. The summed E-state index contributed by atoms with van der Waals surface area (Å²) in [4.78, 5) is 65.4. The Hall–Kier alpha value is -3.63. The van der Waals surface area contributed by atoms with Crippen LogP contribution in [0.25, 0.3) is 0 Å². The van der Waals surface area contributed by atoms with Crippen molar-refractivity contribution in [3.05, 3.63) is 35.4 Å². The van der Waals surface area contributed by atoms with Crippen molar-refractivity contribution in [2.45, 2.75) is 97.4 Å². The number of hydrogen-bond acceptors (Lipinski definition) is 7. The lowest BCUT2D eigenvalue weighted by Gasteiger charge is -2.35. The molecule has 4 amide bonds. The third-order valence-corrected chi connectivity index (χ3v) is 6.51. The first-order valence-electron chi connectivity index (χ1n) is 13.9. The van der Waals surface area contributed by atoms with Crippen LogP contribution < -0.4 is 16.4 Å². The van der Waals surface area contributed by atoms with Gasteiger partial charge in [-0.3, -0.25) is 19.2 Å². The Morgan fingerprint density at radius 2 is 1.70 bits per heavy atom. The van der Waals surface area contributed by atoms with E-state index in [-0.39, 0.29) is 44.4 Å². The molecule has 11 nitrogen and oxygen atoms in total. The van der Waals surface area contributed by atoms with E-state index in [1.165, 1.54) is 4.90 Å². The molecule has 0 saturated heterocycles. The standard InChI is InChI=1S/C29H44N4O7/c1-7-19-9-11-20(12-10-19)25(26(36)31-16-15-24(35)39-8-2)33(22-17-18(22)3)27(37)21(13-14-23(30)34)32-28(38)40-29(4,5)6/h9-12,18,21-22,25H,7-8,13-17H2,1-6H3,(H2,30,34)(H,31,36)(H,32,38). The molecule has 40 heavy (non-hydrogen) atoms. The molecule has 2 rings (SSSR count). The lowest BCUT2D eigenvalue weighted by molar-refractivity contribution is -0.145. The SMILES string of the molecule is CCOC(=O)CCNC(=O)C(c1ccc(CC)cc1)N(C(=O)C(CCC(N)=O)NC(=O)OC(C)(C)C)C1CC1C. The monoisotopic (exact) mass is 560 g/mol. The zero-order valence-electron chi connectivity index (χ0n) is 24.5. The summed E-state index contributed by atoms with van der Waals surface area (Å²) < 4.78 is 10.3. The summed E-state index contributed by atoms with van der Waals surface area (Å²) in [6, 6.07) is 4.96. The van der Waals surface area contributed by atoms with Crippen molar-refractivity contribution < 1.29 is 33.4 Å². The topological polar surface area (TPSA) is 157 Å². The average Bonchev–Trinajstić information content (AvgIpc) is 3.59. The molecule has 0 aromatic heterocycles. The molecule has 0 heterocycles. The number of nitrogens with zero attached hydrogens (tertiary/aromatic N) is 1. The number of esters is 1. The number of ether oxygens (including phenoxy) is 2. The van der Waals surface area contributed by atoms with E-state index in [9.17, 15) is 24.0 Å². The van der Waals surface area contributed by atoms with Crippen molar-refractivity contribution in [1.82, 2.24) is 15.5 Å². The van der Waals surface area contributed by atoms with Gasteiger partial charge in [0.25, 0.3) is 0 Å². The van der Waals surface area contributed by atoms with E-state index < -0.39 is 47.5 Å². The summed E-state index contributed by atoms with van der Waals surface area (Å²) in [5.74, 6) is -1.94.